The van der Waals surface area contributed by atoms with Crippen LogP contribution in [0.2, 0.25) is 0 Å². The molecule has 1 aliphatic heterocycles. The lowest BCUT2D eigenvalue weighted by molar-refractivity contribution is -0.126. The van der Waals surface area contributed by atoms with E-state index in [1.165, 1.54) is 0 Å². The first kappa shape index (κ1) is 9.26. The molecule has 0 aromatic rings. The van der Waals surface area contributed by atoms with Gasteiger partial charge in [-0.2, -0.15) is 0 Å². The number of hydrogen-bond acceptors (Lipinski definition) is 2. The summed E-state index contributed by atoms with van der Waals surface area (Å²) >= 11 is 0. The van der Waals surface area contributed by atoms with Crippen LogP contribution < -0.4 is 5.32 Å². The van der Waals surface area contributed by atoms with Crippen LogP contribution in [0.5, 0.6) is 0 Å². The van der Waals surface area contributed by atoms with Gasteiger partial charge in [0.1, 0.15) is 0 Å². The highest BCUT2D eigenvalue weighted by Gasteiger charge is 2.41. The Morgan fingerprint density at radius 3 is 3.00 bits per heavy atom. The molecule has 3 nitrogen and oxygen atoms in total. The molecule has 0 radical (unpaired) electrons. The predicted octanol–water partition coefficient (Wildman–Crippen LogP) is 0.450. The van der Waals surface area contributed by atoms with Crippen LogP contribution in [0.4, 0.5) is 0 Å². The first-order valence-electron chi connectivity index (χ1n) is 4.15. The molecule has 1 aliphatic rings. The second-order valence-corrected chi connectivity index (χ2v) is 3.61. The minimum absolute atomic E-state index is 0.0263. The van der Waals surface area contributed by atoms with Gasteiger partial charge in [0.05, 0.1) is 18.1 Å². The Hall–Kier alpha value is -0.830. The van der Waals surface area contributed by atoms with E-state index in [4.69, 9.17) is 5.11 Å². The second kappa shape index (κ2) is 3.27. The number of hydrogen-bond donors (Lipinski definition) is 2. The van der Waals surface area contributed by atoms with Crippen molar-refractivity contribution in [3.63, 3.8) is 0 Å². The summed E-state index contributed by atoms with van der Waals surface area (Å²) in [5.74, 6) is 0.0291. The average Bonchev–Trinajstić information content (AvgIpc) is 2.29. The van der Waals surface area contributed by atoms with Gasteiger partial charge in [-0.1, -0.05) is 13.0 Å². The first-order valence-corrected chi connectivity index (χ1v) is 4.15. The fourth-order valence-electron chi connectivity index (χ4n) is 1.65. The smallest absolute Gasteiger partial charge is 0.226 e. The average molecular weight is 169 g/mol. The monoisotopic (exact) mass is 169 g/mol. The summed E-state index contributed by atoms with van der Waals surface area (Å²) in [7, 11) is 0. The Kier molecular flexibility index (Phi) is 2.52. The fourth-order valence-corrected chi connectivity index (χ4v) is 1.65. The highest BCUT2D eigenvalue weighted by molar-refractivity contribution is 5.85. The van der Waals surface area contributed by atoms with E-state index >= 15 is 0 Å². The van der Waals surface area contributed by atoms with Crippen LogP contribution in [0, 0.1) is 5.41 Å². The normalized spacial score (nSPS) is 34.8. The SMILES string of the molecule is C=CC[C@]1(C)C[C@@H](CO)NC1=O. The van der Waals surface area contributed by atoms with E-state index in [0.29, 0.717) is 12.8 Å². The molecule has 0 unspecified atom stereocenters. The molecule has 68 valence electrons. The van der Waals surface area contributed by atoms with Crippen molar-refractivity contribution >= 4 is 5.91 Å². The molecule has 1 amide bonds. The van der Waals surface area contributed by atoms with E-state index in [1.807, 2.05) is 6.92 Å². The van der Waals surface area contributed by atoms with Gasteiger partial charge in [0.15, 0.2) is 0 Å². The number of nitrogens with one attached hydrogen (secondary N) is 1. The van der Waals surface area contributed by atoms with Crippen molar-refractivity contribution in [1.29, 1.82) is 0 Å². The summed E-state index contributed by atoms with van der Waals surface area (Å²) in [6.45, 7) is 5.54. The number of aliphatic hydroxyl groups is 1. The van der Waals surface area contributed by atoms with Gasteiger partial charge >= 0.3 is 0 Å². The molecule has 0 bridgehead atoms. The summed E-state index contributed by atoms with van der Waals surface area (Å²) < 4.78 is 0. The van der Waals surface area contributed by atoms with Crippen molar-refractivity contribution in [2.45, 2.75) is 25.8 Å². The van der Waals surface area contributed by atoms with Crippen molar-refractivity contribution in [2.24, 2.45) is 5.41 Å². The summed E-state index contributed by atoms with van der Waals surface area (Å²) in [5.41, 5.74) is -0.352. The van der Waals surface area contributed by atoms with Gasteiger partial charge in [-0.05, 0) is 12.8 Å². The summed E-state index contributed by atoms with van der Waals surface area (Å²) in [6.07, 6.45) is 3.13. The van der Waals surface area contributed by atoms with Crippen LogP contribution in [0.25, 0.3) is 0 Å². The van der Waals surface area contributed by atoms with Crippen molar-refractivity contribution in [1.82, 2.24) is 5.32 Å². The van der Waals surface area contributed by atoms with E-state index in [-0.39, 0.29) is 24.0 Å². The van der Waals surface area contributed by atoms with Gasteiger partial charge in [-0.3, -0.25) is 4.79 Å². The molecule has 0 saturated carbocycles. The predicted molar refractivity (Wildman–Crippen MR) is 46.6 cm³/mol. The van der Waals surface area contributed by atoms with Crippen molar-refractivity contribution in [3.05, 3.63) is 12.7 Å². The maximum absolute atomic E-state index is 11.4. The third kappa shape index (κ3) is 1.50. The molecule has 0 spiro atoms. The van der Waals surface area contributed by atoms with Gasteiger partial charge in [0.2, 0.25) is 5.91 Å². The lowest BCUT2D eigenvalue weighted by Crippen LogP contribution is -2.31. The van der Waals surface area contributed by atoms with Gasteiger partial charge in [0, 0.05) is 0 Å². The van der Waals surface area contributed by atoms with E-state index in [0.717, 1.165) is 0 Å². The molecule has 12 heavy (non-hydrogen) atoms. The van der Waals surface area contributed by atoms with E-state index in [2.05, 4.69) is 11.9 Å². The zero-order valence-electron chi connectivity index (χ0n) is 7.34. The number of rotatable bonds is 3. The number of allylic oxidation sites excluding steroid dienone is 1. The molecular weight excluding hydrogens is 154 g/mol. The number of amides is 1. The second-order valence-electron chi connectivity index (χ2n) is 3.61. The van der Waals surface area contributed by atoms with Crippen LogP contribution in [0.15, 0.2) is 12.7 Å². The third-order valence-corrected chi connectivity index (χ3v) is 2.40. The van der Waals surface area contributed by atoms with Gasteiger partial charge < -0.3 is 10.4 Å². The van der Waals surface area contributed by atoms with Gasteiger partial charge in [-0.15, -0.1) is 6.58 Å². The van der Waals surface area contributed by atoms with Gasteiger partial charge in [-0.25, -0.2) is 0 Å². The molecule has 2 N–H and O–H groups in total. The first-order chi connectivity index (χ1) is 5.62. The highest BCUT2D eigenvalue weighted by Crippen LogP contribution is 2.33. The third-order valence-electron chi connectivity index (χ3n) is 2.40. The molecule has 1 heterocycles. The maximum Gasteiger partial charge on any atom is 0.226 e. The fraction of sp³-hybridized carbons (Fsp3) is 0.667. The molecule has 2 atom stereocenters. The largest absolute Gasteiger partial charge is 0.394 e. The molecular formula is C9H15NO2. The van der Waals surface area contributed by atoms with Crippen molar-refractivity contribution in [2.75, 3.05) is 6.61 Å². The Labute approximate surface area is 72.5 Å². The van der Waals surface area contributed by atoms with E-state index < -0.39 is 0 Å². The Balaban J connectivity index is 2.66. The Morgan fingerprint density at radius 1 is 1.92 bits per heavy atom. The Morgan fingerprint density at radius 2 is 2.58 bits per heavy atom. The van der Waals surface area contributed by atoms with Crippen molar-refractivity contribution in [3.8, 4) is 0 Å². The van der Waals surface area contributed by atoms with Crippen molar-refractivity contribution < 1.29 is 9.90 Å². The molecule has 3 heteroatoms. The Bertz CT molecular complexity index is 203. The highest BCUT2D eigenvalue weighted by atomic mass is 16.3. The maximum atomic E-state index is 11.4. The molecule has 1 rings (SSSR count). The zero-order valence-corrected chi connectivity index (χ0v) is 7.34. The quantitative estimate of drug-likeness (QED) is 0.603. The molecule has 0 aliphatic carbocycles. The minimum Gasteiger partial charge on any atom is -0.394 e. The lowest BCUT2D eigenvalue weighted by atomic mass is 9.84. The van der Waals surface area contributed by atoms with Crippen LogP contribution in [0.1, 0.15) is 19.8 Å². The lowest BCUT2D eigenvalue weighted by Gasteiger charge is -2.17. The van der Waals surface area contributed by atoms with Gasteiger partial charge in [0.25, 0.3) is 0 Å². The standard InChI is InChI=1S/C9H15NO2/c1-3-4-9(2)5-7(6-11)10-8(9)12/h3,7,11H,1,4-6H2,2H3,(H,10,12)/t7-,9+/m0/s1. The van der Waals surface area contributed by atoms with Crippen LogP contribution in [0.3, 0.4) is 0 Å². The number of carbonyl (C=O) groups is 1. The molecule has 1 saturated heterocycles. The summed E-state index contributed by atoms with van der Waals surface area (Å²) in [5, 5.41) is 11.6. The van der Waals surface area contributed by atoms with Crippen LogP contribution >= 0.6 is 0 Å². The minimum atomic E-state index is -0.352. The van der Waals surface area contributed by atoms with E-state index in [1.54, 1.807) is 6.08 Å². The summed E-state index contributed by atoms with van der Waals surface area (Å²) in [4.78, 5) is 11.4. The number of carbonyl (C=O) groups excluding carboxylic acids is 1. The summed E-state index contributed by atoms with van der Waals surface area (Å²) in [6, 6.07) is -0.0672. The van der Waals surface area contributed by atoms with E-state index in [9.17, 15) is 4.79 Å². The molecule has 0 aromatic heterocycles. The van der Waals surface area contributed by atoms with Crippen LogP contribution in [-0.2, 0) is 4.79 Å². The number of aliphatic hydroxyl groups excluding tert-OH is 1. The van der Waals surface area contributed by atoms with Crippen LogP contribution in [-0.4, -0.2) is 23.7 Å². The topological polar surface area (TPSA) is 49.3 Å². The molecule has 1 fully saturated rings. The molecule has 0 aromatic carbocycles. The zero-order chi connectivity index (χ0) is 9.19.